The van der Waals surface area contributed by atoms with Crippen LogP contribution in [0.2, 0.25) is 0 Å². The SMILES string of the molecule is CC1=CC(C(=O)O)(S(=O)(=O)c2ccccc2)CC(I)(C(=O)O)C1. The molecule has 0 amide bonds. The number of aliphatic carboxylic acids is 2. The van der Waals surface area contributed by atoms with Crippen LogP contribution >= 0.6 is 22.6 Å². The molecular weight excluding hydrogens is 435 g/mol. The Morgan fingerprint density at radius 3 is 2.17 bits per heavy atom. The quantitative estimate of drug-likeness (QED) is 0.414. The number of alkyl halides is 1. The molecule has 0 heterocycles. The van der Waals surface area contributed by atoms with E-state index in [0.29, 0.717) is 5.57 Å². The number of sulfone groups is 1. The van der Waals surface area contributed by atoms with Gasteiger partial charge in [0.1, 0.15) is 3.42 Å². The van der Waals surface area contributed by atoms with E-state index < -0.39 is 36.4 Å². The van der Waals surface area contributed by atoms with Crippen LogP contribution in [0.15, 0.2) is 46.9 Å². The maximum atomic E-state index is 13.0. The van der Waals surface area contributed by atoms with Crippen LogP contribution in [0, 0.1) is 0 Å². The number of hydrogen-bond acceptors (Lipinski definition) is 4. The van der Waals surface area contributed by atoms with Crippen LogP contribution in [0.5, 0.6) is 0 Å². The van der Waals surface area contributed by atoms with Gasteiger partial charge in [-0.2, -0.15) is 0 Å². The Morgan fingerprint density at radius 1 is 1.13 bits per heavy atom. The molecule has 0 fully saturated rings. The van der Waals surface area contributed by atoms with E-state index >= 15 is 0 Å². The first-order valence-electron chi connectivity index (χ1n) is 6.69. The summed E-state index contributed by atoms with van der Waals surface area (Å²) in [7, 11) is -4.30. The van der Waals surface area contributed by atoms with Crippen LogP contribution in [0.1, 0.15) is 19.8 Å². The molecule has 2 unspecified atom stereocenters. The lowest BCUT2D eigenvalue weighted by Crippen LogP contribution is -2.54. The van der Waals surface area contributed by atoms with E-state index in [1.54, 1.807) is 35.6 Å². The maximum Gasteiger partial charge on any atom is 0.329 e. The number of halogens is 1. The molecule has 0 bridgehead atoms. The lowest BCUT2D eigenvalue weighted by atomic mass is 9.82. The van der Waals surface area contributed by atoms with E-state index in [1.807, 2.05) is 0 Å². The monoisotopic (exact) mass is 450 g/mol. The number of carboxylic acid groups (broad SMARTS) is 2. The molecule has 2 atom stereocenters. The van der Waals surface area contributed by atoms with Crippen LogP contribution in [0.25, 0.3) is 0 Å². The third kappa shape index (κ3) is 2.89. The summed E-state index contributed by atoms with van der Waals surface area (Å²) in [4.78, 5) is 23.4. The number of carbonyl (C=O) groups is 2. The van der Waals surface area contributed by atoms with Crippen molar-refractivity contribution in [2.75, 3.05) is 0 Å². The molecule has 0 radical (unpaired) electrons. The van der Waals surface area contributed by atoms with E-state index in [2.05, 4.69) is 0 Å². The highest BCUT2D eigenvalue weighted by Crippen LogP contribution is 2.46. The van der Waals surface area contributed by atoms with E-state index in [1.165, 1.54) is 30.3 Å². The molecule has 124 valence electrons. The van der Waals surface area contributed by atoms with Gasteiger partial charge in [0.25, 0.3) is 0 Å². The van der Waals surface area contributed by atoms with E-state index in [-0.39, 0.29) is 11.3 Å². The van der Waals surface area contributed by atoms with Crippen molar-refractivity contribution in [3.8, 4) is 0 Å². The van der Waals surface area contributed by atoms with Gasteiger partial charge in [0, 0.05) is 6.42 Å². The molecule has 1 aliphatic rings. The Bertz CT molecular complexity index is 785. The highest BCUT2D eigenvalue weighted by molar-refractivity contribution is 14.1. The summed E-state index contributed by atoms with van der Waals surface area (Å²) in [5, 5.41) is 19.1. The summed E-state index contributed by atoms with van der Waals surface area (Å²) < 4.78 is 22.2. The molecule has 0 saturated carbocycles. The highest BCUT2D eigenvalue weighted by Gasteiger charge is 2.58. The second-order valence-electron chi connectivity index (χ2n) is 5.63. The molecule has 1 aliphatic carbocycles. The smallest absolute Gasteiger partial charge is 0.329 e. The third-order valence-electron chi connectivity index (χ3n) is 3.86. The van der Waals surface area contributed by atoms with Gasteiger partial charge in [-0.1, -0.05) is 52.4 Å². The second kappa shape index (κ2) is 5.90. The van der Waals surface area contributed by atoms with Gasteiger partial charge < -0.3 is 10.2 Å². The Labute approximate surface area is 147 Å². The fraction of sp³-hybridized carbons (Fsp3) is 0.333. The molecule has 0 spiro atoms. The first-order chi connectivity index (χ1) is 10.5. The molecule has 23 heavy (non-hydrogen) atoms. The third-order valence-corrected chi connectivity index (χ3v) is 7.37. The molecule has 1 aromatic rings. The summed E-state index contributed by atoms with van der Waals surface area (Å²) in [5.74, 6) is -2.79. The molecular formula is C15H15IO6S. The minimum Gasteiger partial charge on any atom is -0.480 e. The predicted molar refractivity (Wildman–Crippen MR) is 91.4 cm³/mol. The number of allylic oxidation sites excluding steroid dienone is 1. The summed E-state index contributed by atoms with van der Waals surface area (Å²) in [6, 6.07) is 7.24. The van der Waals surface area contributed by atoms with Gasteiger partial charge >= 0.3 is 11.9 Å². The Morgan fingerprint density at radius 2 is 1.70 bits per heavy atom. The normalized spacial score (nSPS) is 28.0. The van der Waals surface area contributed by atoms with Crippen LogP contribution in [0.4, 0.5) is 0 Å². The fourth-order valence-electron chi connectivity index (χ4n) is 2.81. The molecule has 0 saturated heterocycles. The number of hydrogen-bond donors (Lipinski definition) is 2. The van der Waals surface area contributed by atoms with Crippen LogP contribution < -0.4 is 0 Å². The largest absolute Gasteiger partial charge is 0.480 e. The fourth-order valence-corrected chi connectivity index (χ4v) is 6.23. The second-order valence-corrected chi connectivity index (χ2v) is 9.90. The lowest BCUT2D eigenvalue weighted by Gasteiger charge is -2.38. The Balaban J connectivity index is 2.73. The minimum absolute atomic E-state index is 0.0994. The maximum absolute atomic E-state index is 13.0. The van der Waals surface area contributed by atoms with Crippen LogP contribution in [-0.2, 0) is 19.4 Å². The van der Waals surface area contributed by atoms with E-state index in [0.717, 1.165) is 0 Å². The molecule has 8 heteroatoms. The van der Waals surface area contributed by atoms with Gasteiger partial charge in [-0.25, -0.2) is 8.42 Å². The minimum atomic E-state index is -4.30. The van der Waals surface area contributed by atoms with Gasteiger partial charge in [-0.3, -0.25) is 9.59 Å². The summed E-state index contributed by atoms with van der Waals surface area (Å²) >= 11 is 1.65. The molecule has 2 rings (SSSR count). The number of carboxylic acids is 2. The van der Waals surface area contributed by atoms with Gasteiger partial charge in [-0.05, 0) is 25.5 Å². The number of rotatable bonds is 4. The Kier molecular flexibility index (Phi) is 4.60. The zero-order valence-electron chi connectivity index (χ0n) is 12.2. The number of benzene rings is 1. The van der Waals surface area contributed by atoms with Crippen molar-refractivity contribution < 1.29 is 28.2 Å². The van der Waals surface area contributed by atoms with Crippen molar-refractivity contribution in [3.63, 3.8) is 0 Å². The van der Waals surface area contributed by atoms with Crippen molar-refractivity contribution in [2.24, 2.45) is 0 Å². The van der Waals surface area contributed by atoms with Gasteiger partial charge in [-0.15, -0.1) is 0 Å². The average Bonchev–Trinajstić information content (AvgIpc) is 2.46. The zero-order valence-corrected chi connectivity index (χ0v) is 15.2. The van der Waals surface area contributed by atoms with E-state index in [9.17, 15) is 28.2 Å². The van der Waals surface area contributed by atoms with Crippen molar-refractivity contribution in [3.05, 3.63) is 42.0 Å². The molecule has 0 aliphatic heterocycles. The first kappa shape index (κ1) is 17.9. The van der Waals surface area contributed by atoms with Crippen molar-refractivity contribution in [1.29, 1.82) is 0 Å². The summed E-state index contributed by atoms with van der Waals surface area (Å²) in [5.41, 5.74) is 0.426. The average molecular weight is 450 g/mol. The summed E-state index contributed by atoms with van der Waals surface area (Å²) in [6.45, 7) is 1.55. The van der Waals surface area contributed by atoms with Crippen molar-refractivity contribution in [1.82, 2.24) is 0 Å². The van der Waals surface area contributed by atoms with Crippen molar-refractivity contribution in [2.45, 2.75) is 32.8 Å². The lowest BCUT2D eigenvalue weighted by molar-refractivity contribution is -0.142. The van der Waals surface area contributed by atoms with Crippen LogP contribution in [0.3, 0.4) is 0 Å². The molecule has 0 aromatic heterocycles. The topological polar surface area (TPSA) is 109 Å². The van der Waals surface area contributed by atoms with Gasteiger partial charge in [0.05, 0.1) is 4.90 Å². The first-order valence-corrected chi connectivity index (χ1v) is 9.25. The highest BCUT2D eigenvalue weighted by atomic mass is 127. The molecule has 1 aromatic carbocycles. The van der Waals surface area contributed by atoms with E-state index in [4.69, 9.17) is 0 Å². The molecule has 6 nitrogen and oxygen atoms in total. The standard InChI is InChI=1S/C15H15IO6S/c1-10-7-14(16,12(17)18)9-15(8-10,13(19)20)23(21,22)11-5-3-2-4-6-11/h2-6,8H,7,9H2,1H3,(H,17,18)(H,19,20). The predicted octanol–water partition coefficient (Wildman–Crippen LogP) is 2.28. The van der Waals surface area contributed by atoms with Crippen LogP contribution in [-0.4, -0.2) is 38.7 Å². The van der Waals surface area contributed by atoms with Crippen molar-refractivity contribution >= 4 is 44.4 Å². The molecule has 2 N–H and O–H groups in total. The van der Waals surface area contributed by atoms with Gasteiger partial charge in [0.15, 0.2) is 14.6 Å². The summed E-state index contributed by atoms with van der Waals surface area (Å²) in [6.07, 6.45) is 0.750. The zero-order chi connectivity index (χ0) is 17.5. The van der Waals surface area contributed by atoms with Gasteiger partial charge in [0.2, 0.25) is 0 Å². The Hall–Kier alpha value is -1.42.